The summed E-state index contributed by atoms with van der Waals surface area (Å²) in [6.07, 6.45) is 4.96. The van der Waals surface area contributed by atoms with Crippen molar-refractivity contribution in [3.8, 4) is 0 Å². The molecule has 0 aromatic rings. The maximum atomic E-state index is 11.4. The van der Waals surface area contributed by atoms with E-state index in [4.69, 9.17) is 0 Å². The number of nitrogens with one attached hydrogen (secondary N) is 1. The zero-order valence-electron chi connectivity index (χ0n) is 11.8. The van der Waals surface area contributed by atoms with Crippen LogP contribution in [0, 0.1) is 0 Å². The Labute approximate surface area is 112 Å². The van der Waals surface area contributed by atoms with Gasteiger partial charge in [0.25, 0.3) is 0 Å². The maximum absolute atomic E-state index is 11.4. The van der Waals surface area contributed by atoms with Crippen molar-refractivity contribution < 1.29 is 8.42 Å². The Morgan fingerprint density at radius 3 is 2.61 bits per heavy atom. The van der Waals surface area contributed by atoms with Gasteiger partial charge in [-0.1, -0.05) is 19.8 Å². The van der Waals surface area contributed by atoms with Gasteiger partial charge < -0.3 is 5.32 Å². The van der Waals surface area contributed by atoms with Crippen molar-refractivity contribution in [3.63, 3.8) is 0 Å². The Hall–Kier alpha value is -0.130. The Kier molecular flexibility index (Phi) is 7.19. The first kappa shape index (κ1) is 15.9. The van der Waals surface area contributed by atoms with Gasteiger partial charge in [0.15, 0.2) is 9.84 Å². The molecule has 0 aliphatic carbocycles. The zero-order valence-corrected chi connectivity index (χ0v) is 12.6. The fraction of sp³-hybridized carbons (Fsp3) is 1.00. The summed E-state index contributed by atoms with van der Waals surface area (Å²) in [4.78, 5) is 2.32. The molecular formula is C13H28N2O2S. The van der Waals surface area contributed by atoms with E-state index in [1.165, 1.54) is 25.7 Å². The lowest BCUT2D eigenvalue weighted by atomic mass is 10.1. The van der Waals surface area contributed by atoms with Gasteiger partial charge in [-0.2, -0.15) is 0 Å². The van der Waals surface area contributed by atoms with E-state index in [-0.39, 0.29) is 6.04 Å². The average Bonchev–Trinajstić information content (AvgIpc) is 2.29. The highest BCUT2D eigenvalue weighted by atomic mass is 32.2. The standard InChI is InChI=1S/C13H28N2O2S/c1-3-14-8-6-4-5-7-9-15-10-11-18(16,17)12-13(15)2/h13-14H,3-12H2,1-2H3. The molecule has 0 aromatic carbocycles. The molecule has 0 radical (unpaired) electrons. The topological polar surface area (TPSA) is 49.4 Å². The Bertz CT molecular complexity index is 317. The molecule has 18 heavy (non-hydrogen) atoms. The fourth-order valence-corrected chi connectivity index (χ4v) is 4.09. The molecule has 0 spiro atoms. The number of unbranched alkanes of at least 4 members (excludes halogenated alkanes) is 3. The summed E-state index contributed by atoms with van der Waals surface area (Å²) in [5, 5.41) is 3.33. The molecule has 0 aromatic heterocycles. The quantitative estimate of drug-likeness (QED) is 0.678. The molecule has 1 unspecified atom stereocenters. The lowest BCUT2D eigenvalue weighted by molar-refractivity contribution is 0.221. The van der Waals surface area contributed by atoms with Crippen LogP contribution in [0.1, 0.15) is 39.5 Å². The van der Waals surface area contributed by atoms with E-state index < -0.39 is 9.84 Å². The van der Waals surface area contributed by atoms with Crippen molar-refractivity contribution in [3.05, 3.63) is 0 Å². The number of hydrogen-bond donors (Lipinski definition) is 1. The zero-order chi connectivity index (χ0) is 13.4. The Morgan fingerprint density at radius 2 is 1.94 bits per heavy atom. The normalized spacial score (nSPS) is 24.2. The molecule has 1 saturated heterocycles. The second-order valence-electron chi connectivity index (χ2n) is 5.27. The van der Waals surface area contributed by atoms with Gasteiger partial charge in [-0.15, -0.1) is 0 Å². The highest BCUT2D eigenvalue weighted by Gasteiger charge is 2.27. The molecule has 0 amide bonds. The van der Waals surface area contributed by atoms with Crippen molar-refractivity contribution in [1.82, 2.24) is 10.2 Å². The summed E-state index contributed by atoms with van der Waals surface area (Å²) >= 11 is 0. The number of nitrogens with zero attached hydrogens (tertiary/aromatic N) is 1. The van der Waals surface area contributed by atoms with Crippen LogP contribution in [0.4, 0.5) is 0 Å². The van der Waals surface area contributed by atoms with Gasteiger partial charge in [0.1, 0.15) is 0 Å². The largest absolute Gasteiger partial charge is 0.317 e. The van der Waals surface area contributed by atoms with Gasteiger partial charge in [0.05, 0.1) is 11.5 Å². The van der Waals surface area contributed by atoms with Gasteiger partial charge in [-0.3, -0.25) is 4.90 Å². The van der Waals surface area contributed by atoms with Crippen LogP contribution in [-0.4, -0.2) is 57.0 Å². The summed E-state index contributed by atoms with van der Waals surface area (Å²) in [6, 6.07) is 0.200. The van der Waals surface area contributed by atoms with E-state index in [0.29, 0.717) is 11.5 Å². The molecule has 0 saturated carbocycles. The lowest BCUT2D eigenvalue weighted by Gasteiger charge is -2.33. The monoisotopic (exact) mass is 276 g/mol. The molecule has 5 heteroatoms. The van der Waals surface area contributed by atoms with Crippen LogP contribution in [0.15, 0.2) is 0 Å². The average molecular weight is 276 g/mol. The summed E-state index contributed by atoms with van der Waals surface area (Å²) in [5.41, 5.74) is 0. The molecule has 1 rings (SSSR count). The van der Waals surface area contributed by atoms with Crippen molar-refractivity contribution in [2.75, 3.05) is 37.7 Å². The predicted molar refractivity (Wildman–Crippen MR) is 76.7 cm³/mol. The molecule has 1 fully saturated rings. The van der Waals surface area contributed by atoms with E-state index in [0.717, 1.165) is 26.2 Å². The van der Waals surface area contributed by atoms with Crippen LogP contribution in [0.3, 0.4) is 0 Å². The van der Waals surface area contributed by atoms with Crippen LogP contribution in [0.2, 0.25) is 0 Å². The minimum atomic E-state index is -2.76. The Balaban J connectivity index is 2.06. The minimum Gasteiger partial charge on any atom is -0.317 e. The van der Waals surface area contributed by atoms with E-state index in [1.807, 2.05) is 6.92 Å². The van der Waals surface area contributed by atoms with Gasteiger partial charge in [-0.05, 0) is 39.4 Å². The highest BCUT2D eigenvalue weighted by molar-refractivity contribution is 7.91. The maximum Gasteiger partial charge on any atom is 0.153 e. The van der Waals surface area contributed by atoms with E-state index in [1.54, 1.807) is 0 Å². The summed E-state index contributed by atoms with van der Waals surface area (Å²) in [5.74, 6) is 0.686. The number of rotatable bonds is 8. The van der Waals surface area contributed by atoms with Crippen LogP contribution in [0.25, 0.3) is 0 Å². The van der Waals surface area contributed by atoms with Crippen LogP contribution in [0.5, 0.6) is 0 Å². The number of hydrogen-bond acceptors (Lipinski definition) is 4. The van der Waals surface area contributed by atoms with Crippen molar-refractivity contribution in [2.24, 2.45) is 0 Å². The summed E-state index contributed by atoms with van der Waals surface area (Å²) in [6.45, 7) is 8.11. The molecule has 108 valence electrons. The Morgan fingerprint density at radius 1 is 1.22 bits per heavy atom. The molecule has 1 N–H and O–H groups in total. The first-order chi connectivity index (χ1) is 8.55. The molecule has 4 nitrogen and oxygen atoms in total. The predicted octanol–water partition coefficient (Wildman–Crippen LogP) is 1.28. The molecule has 1 aliphatic heterocycles. The van der Waals surface area contributed by atoms with E-state index in [9.17, 15) is 8.42 Å². The molecule has 1 heterocycles. The third kappa shape index (κ3) is 6.16. The van der Waals surface area contributed by atoms with Crippen LogP contribution < -0.4 is 5.32 Å². The van der Waals surface area contributed by atoms with Gasteiger partial charge in [0, 0.05) is 12.6 Å². The van der Waals surface area contributed by atoms with Gasteiger partial charge in [-0.25, -0.2) is 8.42 Å². The second kappa shape index (κ2) is 8.12. The van der Waals surface area contributed by atoms with Gasteiger partial charge >= 0.3 is 0 Å². The first-order valence-corrected chi connectivity index (χ1v) is 9.02. The van der Waals surface area contributed by atoms with Crippen molar-refractivity contribution >= 4 is 9.84 Å². The lowest BCUT2D eigenvalue weighted by Crippen LogP contribution is -2.47. The SMILES string of the molecule is CCNCCCCCCN1CCS(=O)(=O)CC1C. The second-order valence-corrected chi connectivity index (χ2v) is 7.50. The highest BCUT2D eigenvalue weighted by Crippen LogP contribution is 2.12. The van der Waals surface area contributed by atoms with Crippen LogP contribution >= 0.6 is 0 Å². The first-order valence-electron chi connectivity index (χ1n) is 7.20. The number of sulfone groups is 1. The van der Waals surface area contributed by atoms with Crippen molar-refractivity contribution in [2.45, 2.75) is 45.6 Å². The molecule has 0 bridgehead atoms. The van der Waals surface area contributed by atoms with Gasteiger partial charge in [0.2, 0.25) is 0 Å². The molecule has 1 aliphatic rings. The van der Waals surface area contributed by atoms with E-state index in [2.05, 4.69) is 17.1 Å². The van der Waals surface area contributed by atoms with Crippen molar-refractivity contribution in [1.29, 1.82) is 0 Å². The molecule has 1 atom stereocenters. The minimum absolute atomic E-state index is 0.200. The third-order valence-corrected chi connectivity index (χ3v) is 5.40. The van der Waals surface area contributed by atoms with E-state index >= 15 is 0 Å². The smallest absolute Gasteiger partial charge is 0.153 e. The summed E-state index contributed by atoms with van der Waals surface area (Å²) in [7, 11) is -2.76. The fourth-order valence-electron chi connectivity index (χ4n) is 2.46. The molecular weight excluding hydrogens is 248 g/mol. The third-order valence-electron chi connectivity index (χ3n) is 3.61. The van der Waals surface area contributed by atoms with Crippen LogP contribution in [-0.2, 0) is 9.84 Å². The summed E-state index contributed by atoms with van der Waals surface area (Å²) < 4.78 is 22.9.